The molecule has 0 bridgehead atoms. The second-order valence-corrected chi connectivity index (χ2v) is 14.5. The average Bonchev–Trinajstić information content (AvgIpc) is 3.52. The Morgan fingerprint density at radius 1 is 0.851 bits per heavy atom. The van der Waals surface area contributed by atoms with Gasteiger partial charge in [0, 0.05) is 34.4 Å². The molecule has 1 fully saturated rings. The maximum atomic E-state index is 14.2. The predicted molar refractivity (Wildman–Crippen MR) is 186 cm³/mol. The summed E-state index contributed by atoms with van der Waals surface area (Å²) in [5.41, 5.74) is 2.82. The van der Waals surface area contributed by atoms with Crippen molar-refractivity contribution in [3.05, 3.63) is 125 Å². The number of halogens is 1. The van der Waals surface area contributed by atoms with Gasteiger partial charge in [0.1, 0.15) is 5.52 Å². The zero-order valence-corrected chi connectivity index (χ0v) is 27.8. The van der Waals surface area contributed by atoms with Crippen LogP contribution in [0.4, 0.5) is 5.69 Å². The van der Waals surface area contributed by atoms with E-state index in [-0.39, 0.29) is 42.5 Å². The van der Waals surface area contributed by atoms with Crippen molar-refractivity contribution in [3.63, 3.8) is 0 Å². The van der Waals surface area contributed by atoms with Gasteiger partial charge in [0.25, 0.3) is 0 Å². The number of Topliss-reactive ketones (excluding diaryl/α,β-unsaturated/α-hetero) is 1. The Morgan fingerprint density at radius 3 is 2.34 bits per heavy atom. The zero-order valence-electron chi connectivity index (χ0n) is 25.4. The van der Waals surface area contributed by atoms with Crippen LogP contribution in [0, 0.1) is 0 Å². The van der Waals surface area contributed by atoms with Crippen LogP contribution in [0.2, 0.25) is 0 Å². The molecule has 0 radical (unpaired) electrons. The van der Waals surface area contributed by atoms with E-state index in [0.29, 0.717) is 28.2 Å². The van der Waals surface area contributed by atoms with Crippen molar-refractivity contribution in [2.24, 2.45) is 0 Å². The molecule has 47 heavy (non-hydrogen) atoms. The average molecular weight is 709 g/mol. The van der Waals surface area contributed by atoms with Gasteiger partial charge in [-0.25, -0.2) is 13.4 Å². The summed E-state index contributed by atoms with van der Waals surface area (Å²) in [5, 5.41) is 5.16. The second-order valence-electron chi connectivity index (χ2n) is 11.7. The first-order chi connectivity index (χ1) is 22.7. The molecule has 1 aliphatic heterocycles. The van der Waals surface area contributed by atoms with Gasteiger partial charge in [-0.15, -0.1) is 0 Å². The molecule has 7 rings (SSSR count). The largest absolute Gasteiger partial charge is 0.436 e. The number of nitrogens with one attached hydrogen (secondary N) is 1. The molecule has 6 aromatic rings. The van der Waals surface area contributed by atoms with Gasteiger partial charge in [-0.2, -0.15) is 4.31 Å². The van der Waals surface area contributed by atoms with Gasteiger partial charge in [-0.3, -0.25) is 9.59 Å². The van der Waals surface area contributed by atoms with E-state index < -0.39 is 15.4 Å². The van der Waals surface area contributed by atoms with Gasteiger partial charge in [0.15, 0.2) is 11.4 Å². The van der Waals surface area contributed by atoms with Crippen molar-refractivity contribution in [2.75, 3.05) is 18.4 Å². The quantitative estimate of drug-likeness (QED) is 0.169. The fourth-order valence-corrected chi connectivity index (χ4v) is 8.35. The number of nitrogens with zero attached hydrogens (tertiary/aromatic N) is 2. The molecule has 8 nitrogen and oxygen atoms in total. The van der Waals surface area contributed by atoms with Gasteiger partial charge in [0.2, 0.25) is 21.8 Å². The molecular weight excluding hydrogens is 678 g/mol. The smallest absolute Gasteiger partial charge is 0.243 e. The van der Waals surface area contributed by atoms with Crippen molar-refractivity contribution in [2.45, 2.75) is 30.1 Å². The summed E-state index contributed by atoms with van der Waals surface area (Å²) in [6, 6.07) is 32.9. The van der Waals surface area contributed by atoms with Crippen molar-refractivity contribution >= 4 is 65.2 Å². The molecule has 0 spiro atoms. The maximum absolute atomic E-state index is 14.2. The lowest BCUT2D eigenvalue weighted by molar-refractivity contribution is -0.123. The van der Waals surface area contributed by atoms with Crippen LogP contribution in [0.5, 0.6) is 0 Å². The number of anilines is 1. The number of hydrogen-bond acceptors (Lipinski definition) is 6. The van der Waals surface area contributed by atoms with Crippen LogP contribution in [-0.2, 0) is 20.2 Å². The Balaban J connectivity index is 1.16. The molecule has 1 aliphatic rings. The number of ketones is 1. The number of benzene rings is 5. The van der Waals surface area contributed by atoms with Crippen LogP contribution in [0.3, 0.4) is 0 Å². The molecule has 0 saturated carbocycles. The third-order valence-corrected chi connectivity index (χ3v) is 11.5. The highest BCUT2D eigenvalue weighted by molar-refractivity contribution is 9.10. The maximum Gasteiger partial charge on any atom is 0.243 e. The van der Waals surface area contributed by atoms with E-state index in [9.17, 15) is 18.0 Å². The summed E-state index contributed by atoms with van der Waals surface area (Å²) in [6.07, 6.45) is 0.558. The summed E-state index contributed by atoms with van der Waals surface area (Å²) >= 11 is 3.62. The number of piperidine rings is 1. The monoisotopic (exact) mass is 707 g/mol. The Hall–Kier alpha value is -4.64. The van der Waals surface area contributed by atoms with Crippen LogP contribution in [0.15, 0.2) is 123 Å². The zero-order chi connectivity index (χ0) is 32.8. The van der Waals surface area contributed by atoms with Gasteiger partial charge in [0.05, 0.1) is 10.3 Å². The summed E-state index contributed by atoms with van der Waals surface area (Å²) in [4.78, 5) is 31.0. The van der Waals surface area contributed by atoms with Crippen LogP contribution in [0.25, 0.3) is 33.3 Å². The number of fused-ring (bicyclic) bond motifs is 2. The SMILES string of the molecule is CC(=O)c1cccc(S(=O)(=O)N2CCC(C(=O)Nc3ccc4oc(-c5cccc6c(Br)cccc56)nc4c3)(c3ccccc3)CC2)c1. The fourth-order valence-electron chi connectivity index (χ4n) is 6.37. The summed E-state index contributed by atoms with van der Waals surface area (Å²) in [7, 11) is -3.87. The van der Waals surface area contributed by atoms with E-state index in [1.165, 1.54) is 23.4 Å². The van der Waals surface area contributed by atoms with E-state index in [0.717, 1.165) is 26.4 Å². The van der Waals surface area contributed by atoms with Crippen LogP contribution in [-0.4, -0.2) is 42.5 Å². The fraction of sp³-hybridized carbons (Fsp3) is 0.162. The van der Waals surface area contributed by atoms with Gasteiger partial charge in [-0.1, -0.05) is 82.7 Å². The molecule has 1 N–H and O–H groups in total. The van der Waals surface area contributed by atoms with E-state index in [1.54, 1.807) is 30.3 Å². The summed E-state index contributed by atoms with van der Waals surface area (Å²) in [6.45, 7) is 1.69. The van der Waals surface area contributed by atoms with Gasteiger partial charge >= 0.3 is 0 Å². The van der Waals surface area contributed by atoms with Crippen molar-refractivity contribution < 1.29 is 22.4 Å². The number of carbonyl (C=O) groups excluding carboxylic acids is 2. The molecule has 1 saturated heterocycles. The first-order valence-corrected chi connectivity index (χ1v) is 17.5. The summed E-state index contributed by atoms with van der Waals surface area (Å²) in [5.74, 6) is 0.0546. The van der Waals surface area contributed by atoms with Crippen molar-refractivity contribution in [3.8, 4) is 11.5 Å². The van der Waals surface area contributed by atoms with E-state index >= 15 is 0 Å². The lowest BCUT2D eigenvalue weighted by Gasteiger charge is -2.40. The number of amides is 1. The van der Waals surface area contributed by atoms with Crippen molar-refractivity contribution in [1.82, 2.24) is 9.29 Å². The molecule has 0 unspecified atom stereocenters. The highest BCUT2D eigenvalue weighted by Crippen LogP contribution is 2.39. The predicted octanol–water partition coefficient (Wildman–Crippen LogP) is 7.97. The molecule has 5 aromatic carbocycles. The lowest BCUT2D eigenvalue weighted by atomic mass is 9.72. The van der Waals surface area contributed by atoms with E-state index in [2.05, 4.69) is 21.2 Å². The molecule has 0 atom stereocenters. The Labute approximate surface area is 280 Å². The van der Waals surface area contributed by atoms with Gasteiger partial charge < -0.3 is 9.73 Å². The minimum atomic E-state index is -3.87. The van der Waals surface area contributed by atoms with Crippen molar-refractivity contribution in [1.29, 1.82) is 0 Å². The third kappa shape index (κ3) is 5.66. The molecule has 10 heteroatoms. The number of oxazole rings is 1. The molecule has 0 aliphatic carbocycles. The lowest BCUT2D eigenvalue weighted by Crippen LogP contribution is -2.50. The molecular formula is C37H30BrN3O5S. The number of aromatic nitrogens is 1. The second kappa shape index (κ2) is 12.2. The Morgan fingerprint density at radius 2 is 1.57 bits per heavy atom. The van der Waals surface area contributed by atoms with E-state index in [1.807, 2.05) is 66.7 Å². The van der Waals surface area contributed by atoms with Gasteiger partial charge in [-0.05, 0) is 78.6 Å². The first-order valence-electron chi connectivity index (χ1n) is 15.2. The topological polar surface area (TPSA) is 110 Å². The minimum absolute atomic E-state index is 0.0679. The number of sulfonamides is 1. The number of carbonyl (C=O) groups is 2. The molecule has 2 heterocycles. The number of rotatable bonds is 7. The highest BCUT2D eigenvalue weighted by atomic mass is 79.9. The minimum Gasteiger partial charge on any atom is -0.436 e. The van der Waals surface area contributed by atoms with E-state index in [4.69, 9.17) is 9.40 Å². The normalized spacial score (nSPS) is 15.1. The summed E-state index contributed by atoms with van der Waals surface area (Å²) < 4.78 is 35.7. The number of hydrogen-bond donors (Lipinski definition) is 1. The molecule has 1 amide bonds. The highest BCUT2D eigenvalue weighted by Gasteiger charge is 2.45. The van der Waals surface area contributed by atoms with Crippen LogP contribution in [0.1, 0.15) is 35.7 Å². The van der Waals surface area contributed by atoms with Crippen LogP contribution < -0.4 is 5.32 Å². The molecule has 236 valence electrons. The first kappa shape index (κ1) is 31.0. The third-order valence-electron chi connectivity index (χ3n) is 8.96. The standard InChI is InChI=1S/C37H30BrN3O5S/c1-24(42)25-8-5-11-28(22-25)47(44,45)41-20-18-37(19-21-41,26-9-3-2-4-10-26)36(43)39-27-16-17-34-33(23-27)40-35(46-34)31-14-6-13-30-29(31)12-7-15-32(30)38/h2-17,22-23H,18-21H2,1H3,(H,39,43). The molecule has 1 aromatic heterocycles. The van der Waals surface area contributed by atoms with Crippen LogP contribution >= 0.6 is 15.9 Å². The Bertz CT molecular complexity index is 2280. The Kier molecular flexibility index (Phi) is 8.03.